The lowest BCUT2D eigenvalue weighted by molar-refractivity contribution is 0.670. The maximum Gasteiger partial charge on any atom is 0.0483 e. The molecule has 3 rings (SSSR count). The van der Waals surface area contributed by atoms with Crippen molar-refractivity contribution in [3.63, 3.8) is 0 Å². The second-order valence-electron chi connectivity index (χ2n) is 5.37. The zero-order chi connectivity index (χ0) is 14.5. The summed E-state index contributed by atoms with van der Waals surface area (Å²) in [6, 6.07) is 13.1. The number of fused-ring (bicyclic) bond motifs is 1. The van der Waals surface area contributed by atoms with Crippen LogP contribution in [0.2, 0.25) is 0 Å². The molecule has 3 aromatic rings. The van der Waals surface area contributed by atoms with Crippen LogP contribution in [0.25, 0.3) is 10.9 Å². The normalized spacial score (nSPS) is 11.3. The van der Waals surface area contributed by atoms with Crippen molar-refractivity contribution in [3.05, 3.63) is 58.4 Å². The predicted molar refractivity (Wildman–Crippen MR) is 92.0 cm³/mol. The van der Waals surface area contributed by atoms with E-state index in [0.29, 0.717) is 0 Å². The van der Waals surface area contributed by atoms with Gasteiger partial charge in [-0.3, -0.25) is 0 Å². The first-order valence-corrected chi connectivity index (χ1v) is 8.56. The molecule has 0 amide bonds. The smallest absolute Gasteiger partial charge is 0.0483 e. The van der Waals surface area contributed by atoms with Gasteiger partial charge in [0, 0.05) is 35.1 Å². The Morgan fingerprint density at radius 3 is 2.86 bits per heavy atom. The molecule has 2 heterocycles. The van der Waals surface area contributed by atoms with E-state index in [4.69, 9.17) is 0 Å². The highest BCUT2D eigenvalue weighted by atomic mass is 32.1. The molecule has 0 radical (unpaired) electrons. The monoisotopic (exact) mass is 298 g/mol. The van der Waals surface area contributed by atoms with Crippen LogP contribution in [0.1, 0.15) is 23.8 Å². The van der Waals surface area contributed by atoms with Crippen LogP contribution in [0.4, 0.5) is 0 Å². The molecule has 2 aromatic heterocycles. The molecule has 2 nitrogen and oxygen atoms in total. The minimum Gasteiger partial charge on any atom is -0.347 e. The van der Waals surface area contributed by atoms with Gasteiger partial charge in [0.25, 0.3) is 0 Å². The van der Waals surface area contributed by atoms with E-state index in [-0.39, 0.29) is 0 Å². The van der Waals surface area contributed by atoms with Crippen LogP contribution in [-0.4, -0.2) is 11.1 Å². The molecule has 0 unspecified atom stereocenters. The van der Waals surface area contributed by atoms with Gasteiger partial charge >= 0.3 is 0 Å². The average Bonchev–Trinajstić information content (AvgIpc) is 3.14. The molecule has 0 bridgehead atoms. The van der Waals surface area contributed by atoms with Crippen LogP contribution in [0.3, 0.4) is 0 Å². The molecule has 0 saturated carbocycles. The van der Waals surface area contributed by atoms with Crippen LogP contribution in [0.5, 0.6) is 0 Å². The average molecular weight is 298 g/mol. The Labute approximate surface area is 130 Å². The third-order valence-electron chi connectivity index (χ3n) is 3.79. The Morgan fingerprint density at radius 2 is 2.05 bits per heavy atom. The number of thiophene rings is 1. The number of benzene rings is 1. The summed E-state index contributed by atoms with van der Waals surface area (Å²) in [5.74, 6) is 0. The Hall–Kier alpha value is -1.58. The van der Waals surface area contributed by atoms with Gasteiger partial charge in [-0.25, -0.2) is 0 Å². The fraction of sp³-hybridized carbons (Fsp3) is 0.333. The predicted octanol–water partition coefficient (Wildman–Crippen LogP) is 4.45. The van der Waals surface area contributed by atoms with Gasteiger partial charge in [-0.2, -0.15) is 0 Å². The Kier molecular flexibility index (Phi) is 4.73. The molecule has 0 fully saturated rings. The highest BCUT2D eigenvalue weighted by Crippen LogP contribution is 2.22. The first kappa shape index (κ1) is 14.4. The Bertz CT molecular complexity index is 682. The number of hydrogen-bond acceptors (Lipinski definition) is 2. The molecule has 0 spiro atoms. The van der Waals surface area contributed by atoms with E-state index in [1.807, 2.05) is 11.3 Å². The number of aryl methyl sites for hydroxylation is 2. The van der Waals surface area contributed by atoms with Gasteiger partial charge in [-0.05, 0) is 42.5 Å². The quantitative estimate of drug-likeness (QED) is 0.638. The van der Waals surface area contributed by atoms with Gasteiger partial charge in [0.1, 0.15) is 0 Å². The number of nitrogens with one attached hydrogen (secondary N) is 1. The van der Waals surface area contributed by atoms with Gasteiger partial charge in [0.15, 0.2) is 0 Å². The van der Waals surface area contributed by atoms with Crippen LogP contribution < -0.4 is 5.32 Å². The fourth-order valence-electron chi connectivity index (χ4n) is 2.73. The summed E-state index contributed by atoms with van der Waals surface area (Å²) in [4.78, 5) is 1.46. The lowest BCUT2D eigenvalue weighted by Gasteiger charge is -2.03. The van der Waals surface area contributed by atoms with Crippen molar-refractivity contribution in [3.8, 4) is 0 Å². The van der Waals surface area contributed by atoms with Crippen molar-refractivity contribution >= 4 is 22.2 Å². The van der Waals surface area contributed by atoms with E-state index in [1.54, 1.807) is 0 Å². The summed E-state index contributed by atoms with van der Waals surface area (Å²) in [6.45, 7) is 5.29. The standard InChI is InChI=1S/C18H22N2S/c1-2-10-19-13-15-14-20(11-9-16-6-5-12-21-16)18-8-4-3-7-17(15)18/h3-8,12,14,19H,2,9-11,13H2,1H3. The van der Waals surface area contributed by atoms with E-state index in [0.717, 1.165) is 26.1 Å². The second kappa shape index (κ2) is 6.92. The van der Waals surface area contributed by atoms with Crippen molar-refractivity contribution in [1.82, 2.24) is 9.88 Å². The van der Waals surface area contributed by atoms with Crippen LogP contribution in [0.15, 0.2) is 48.0 Å². The summed E-state index contributed by atoms with van der Waals surface area (Å²) in [6.07, 6.45) is 4.61. The molecule has 0 saturated heterocycles. The molecule has 0 atom stereocenters. The van der Waals surface area contributed by atoms with Crippen molar-refractivity contribution < 1.29 is 0 Å². The maximum atomic E-state index is 3.52. The summed E-state index contributed by atoms with van der Waals surface area (Å²) < 4.78 is 2.40. The topological polar surface area (TPSA) is 17.0 Å². The summed E-state index contributed by atoms with van der Waals surface area (Å²) in [5, 5.41) is 7.05. The molecule has 0 aliphatic carbocycles. The van der Waals surface area contributed by atoms with Gasteiger partial charge in [-0.15, -0.1) is 11.3 Å². The third-order valence-corrected chi connectivity index (χ3v) is 4.73. The first-order chi connectivity index (χ1) is 10.4. The molecular formula is C18H22N2S. The van der Waals surface area contributed by atoms with E-state index in [9.17, 15) is 0 Å². The minimum atomic E-state index is 0.959. The fourth-order valence-corrected chi connectivity index (χ4v) is 3.43. The highest BCUT2D eigenvalue weighted by Gasteiger charge is 2.07. The third kappa shape index (κ3) is 3.36. The van der Waals surface area contributed by atoms with Crippen molar-refractivity contribution in [2.24, 2.45) is 0 Å². The number of hydrogen-bond donors (Lipinski definition) is 1. The van der Waals surface area contributed by atoms with E-state index in [1.165, 1.54) is 27.8 Å². The molecule has 0 aliphatic heterocycles. The summed E-state index contributed by atoms with van der Waals surface area (Å²) in [7, 11) is 0. The van der Waals surface area contributed by atoms with E-state index >= 15 is 0 Å². The summed E-state index contributed by atoms with van der Waals surface area (Å²) in [5.41, 5.74) is 2.76. The second-order valence-corrected chi connectivity index (χ2v) is 6.40. The highest BCUT2D eigenvalue weighted by molar-refractivity contribution is 7.09. The van der Waals surface area contributed by atoms with Gasteiger partial charge in [-0.1, -0.05) is 31.2 Å². The minimum absolute atomic E-state index is 0.959. The van der Waals surface area contributed by atoms with Crippen LogP contribution in [-0.2, 0) is 19.5 Å². The zero-order valence-electron chi connectivity index (χ0n) is 12.5. The largest absolute Gasteiger partial charge is 0.347 e. The lowest BCUT2D eigenvalue weighted by atomic mass is 10.2. The molecule has 3 heteroatoms. The molecular weight excluding hydrogens is 276 g/mol. The van der Waals surface area contributed by atoms with Crippen LogP contribution in [0, 0.1) is 0 Å². The van der Waals surface area contributed by atoms with E-state index < -0.39 is 0 Å². The van der Waals surface area contributed by atoms with Crippen molar-refractivity contribution in [2.45, 2.75) is 32.9 Å². The Balaban J connectivity index is 1.80. The number of nitrogens with zero attached hydrogens (tertiary/aromatic N) is 1. The summed E-state index contributed by atoms with van der Waals surface area (Å²) >= 11 is 1.85. The zero-order valence-corrected chi connectivity index (χ0v) is 13.3. The van der Waals surface area contributed by atoms with Gasteiger partial charge in [0.2, 0.25) is 0 Å². The lowest BCUT2D eigenvalue weighted by Crippen LogP contribution is -2.13. The first-order valence-electron chi connectivity index (χ1n) is 7.68. The maximum absolute atomic E-state index is 3.52. The van der Waals surface area contributed by atoms with Gasteiger partial charge in [0.05, 0.1) is 0 Å². The van der Waals surface area contributed by atoms with Crippen molar-refractivity contribution in [2.75, 3.05) is 6.54 Å². The Morgan fingerprint density at radius 1 is 1.14 bits per heavy atom. The molecule has 1 aromatic carbocycles. The molecule has 21 heavy (non-hydrogen) atoms. The van der Waals surface area contributed by atoms with Crippen molar-refractivity contribution in [1.29, 1.82) is 0 Å². The number of para-hydroxylation sites is 1. The van der Waals surface area contributed by atoms with E-state index in [2.05, 4.69) is 64.8 Å². The molecule has 1 N–H and O–H groups in total. The van der Waals surface area contributed by atoms with Crippen LogP contribution >= 0.6 is 11.3 Å². The number of rotatable bonds is 7. The SMILES string of the molecule is CCCNCc1cn(CCc2cccs2)c2ccccc12. The molecule has 110 valence electrons. The van der Waals surface area contributed by atoms with Gasteiger partial charge < -0.3 is 9.88 Å². The number of aromatic nitrogens is 1. The molecule has 0 aliphatic rings.